The van der Waals surface area contributed by atoms with E-state index < -0.39 is 0 Å². The molecule has 3 aliphatic heterocycles. The van der Waals surface area contributed by atoms with Gasteiger partial charge in [-0.3, -0.25) is 4.90 Å². The molecule has 2 saturated heterocycles. The zero-order chi connectivity index (χ0) is 27.6. The monoisotopic (exact) mass is 536 g/mol. The zero-order valence-corrected chi connectivity index (χ0v) is 25.7. The van der Waals surface area contributed by atoms with Gasteiger partial charge in [0.05, 0.1) is 0 Å². The molecule has 1 unspecified atom stereocenters. The van der Waals surface area contributed by atoms with Gasteiger partial charge in [0.15, 0.2) is 0 Å². The molecule has 0 spiro atoms. The number of piperidine rings is 2. The summed E-state index contributed by atoms with van der Waals surface area (Å²) in [5.74, 6) is 2.12. The molecule has 1 aromatic rings. The molecule has 1 aliphatic carbocycles. The Kier molecular flexibility index (Phi) is 9.03. The quantitative estimate of drug-likeness (QED) is 0.255. The van der Waals surface area contributed by atoms with Gasteiger partial charge < -0.3 is 14.7 Å². The third-order valence-electron chi connectivity index (χ3n) is 10.7. The molecule has 0 radical (unpaired) electrons. The normalized spacial score (nSPS) is 26.4. The van der Waals surface area contributed by atoms with Crippen LogP contribution in [0.5, 0.6) is 11.5 Å². The highest BCUT2D eigenvalue weighted by molar-refractivity contribution is 5.54. The average Bonchev–Trinajstić information content (AvgIpc) is 2.91. The highest BCUT2D eigenvalue weighted by Crippen LogP contribution is 2.55. The van der Waals surface area contributed by atoms with Crippen molar-refractivity contribution in [2.24, 2.45) is 5.92 Å². The number of hydrogen-bond donors (Lipinski definition) is 1. The number of rotatable bonds is 9. The molecule has 0 saturated carbocycles. The largest absolute Gasteiger partial charge is 0.508 e. The molecule has 2 fully saturated rings. The van der Waals surface area contributed by atoms with E-state index in [-0.39, 0.29) is 11.0 Å². The first kappa shape index (κ1) is 29.0. The number of benzene rings is 1. The number of likely N-dealkylation sites (tertiary alicyclic amines) is 2. The summed E-state index contributed by atoms with van der Waals surface area (Å²) in [6.45, 7) is 17.6. The summed E-state index contributed by atoms with van der Waals surface area (Å²) < 4.78 is 6.70. The Hall–Kier alpha value is -1.52. The minimum atomic E-state index is -0.233. The number of hydrogen-bond acceptors (Lipinski definition) is 4. The summed E-state index contributed by atoms with van der Waals surface area (Å²) in [4.78, 5) is 5.47. The van der Waals surface area contributed by atoms with E-state index in [2.05, 4.69) is 62.6 Å². The Balaban J connectivity index is 1.27. The molecular formula is C35H56N2O2. The van der Waals surface area contributed by atoms with Crippen LogP contribution in [-0.4, -0.2) is 59.3 Å². The van der Waals surface area contributed by atoms with Gasteiger partial charge in [0.2, 0.25) is 0 Å². The summed E-state index contributed by atoms with van der Waals surface area (Å²) >= 11 is 0. The van der Waals surface area contributed by atoms with Gasteiger partial charge in [-0.25, -0.2) is 0 Å². The fourth-order valence-corrected chi connectivity index (χ4v) is 8.14. The van der Waals surface area contributed by atoms with Crippen molar-refractivity contribution in [2.75, 3.05) is 32.7 Å². The number of unbranched alkanes of at least 4 members (excludes halogenated alkanes) is 3. The predicted molar refractivity (Wildman–Crippen MR) is 163 cm³/mol. The predicted octanol–water partition coefficient (Wildman–Crippen LogP) is 8.18. The summed E-state index contributed by atoms with van der Waals surface area (Å²) in [6.07, 6.45) is 17.7. The van der Waals surface area contributed by atoms with Crippen molar-refractivity contribution in [3.8, 4) is 11.5 Å². The van der Waals surface area contributed by atoms with Crippen LogP contribution in [0.15, 0.2) is 23.8 Å². The molecule has 39 heavy (non-hydrogen) atoms. The standard InChI is InChI=1S/C35H56N2O2/c1-6-7-8-10-17-34(2,3)27-23-31(38)33-29-22-26(13-14-30(29)35(4,5)39-32(33)24-27)25-36-20-15-28(16-21-36)37-18-11-9-12-19-37/h13,23-24,28-30,38H,6-12,14-22,25H2,1-5H3/t29?,30-/m0/s1. The molecular weight excluding hydrogens is 480 g/mol. The van der Waals surface area contributed by atoms with Crippen LogP contribution in [0.4, 0.5) is 0 Å². The number of aromatic hydroxyl groups is 1. The van der Waals surface area contributed by atoms with E-state index >= 15 is 0 Å². The Labute approximate surface area is 239 Å². The summed E-state index contributed by atoms with van der Waals surface area (Å²) in [5.41, 5.74) is 3.65. The van der Waals surface area contributed by atoms with Gasteiger partial charge in [0.25, 0.3) is 0 Å². The first-order chi connectivity index (χ1) is 18.7. The summed E-state index contributed by atoms with van der Waals surface area (Å²) in [7, 11) is 0. The van der Waals surface area contributed by atoms with Gasteiger partial charge in [0, 0.05) is 30.0 Å². The van der Waals surface area contributed by atoms with E-state index in [1.165, 1.54) is 89.5 Å². The lowest BCUT2D eigenvalue weighted by atomic mass is 9.66. The molecule has 0 bridgehead atoms. The van der Waals surface area contributed by atoms with Crippen molar-refractivity contribution < 1.29 is 9.84 Å². The van der Waals surface area contributed by atoms with Crippen LogP contribution in [0.2, 0.25) is 0 Å². The van der Waals surface area contributed by atoms with E-state index in [9.17, 15) is 5.11 Å². The van der Waals surface area contributed by atoms with Crippen LogP contribution >= 0.6 is 0 Å². The Morgan fingerprint density at radius 1 is 1.00 bits per heavy atom. The van der Waals surface area contributed by atoms with Crippen molar-refractivity contribution in [3.63, 3.8) is 0 Å². The van der Waals surface area contributed by atoms with Gasteiger partial charge in [-0.05, 0) is 108 Å². The fourth-order valence-electron chi connectivity index (χ4n) is 8.14. The van der Waals surface area contributed by atoms with Crippen molar-refractivity contribution in [3.05, 3.63) is 34.9 Å². The van der Waals surface area contributed by atoms with Crippen LogP contribution in [0.1, 0.15) is 129 Å². The van der Waals surface area contributed by atoms with Gasteiger partial charge in [-0.2, -0.15) is 0 Å². The van der Waals surface area contributed by atoms with Gasteiger partial charge in [0.1, 0.15) is 17.1 Å². The van der Waals surface area contributed by atoms with Crippen LogP contribution in [0.25, 0.3) is 0 Å². The highest BCUT2D eigenvalue weighted by Gasteiger charge is 2.46. The second-order valence-electron chi connectivity index (χ2n) is 14.4. The van der Waals surface area contributed by atoms with E-state index in [0.717, 1.165) is 43.2 Å². The molecule has 218 valence electrons. The lowest BCUT2D eigenvalue weighted by molar-refractivity contribution is 0.00664. The van der Waals surface area contributed by atoms with E-state index in [4.69, 9.17) is 4.74 Å². The molecule has 1 N–H and O–H groups in total. The molecule has 4 heteroatoms. The zero-order valence-electron chi connectivity index (χ0n) is 25.7. The minimum absolute atomic E-state index is 0.0303. The van der Waals surface area contributed by atoms with Crippen LogP contribution < -0.4 is 4.74 Å². The first-order valence-corrected chi connectivity index (χ1v) is 16.4. The molecule has 2 atom stereocenters. The third-order valence-corrected chi connectivity index (χ3v) is 10.7. The van der Waals surface area contributed by atoms with Crippen molar-refractivity contribution in [2.45, 2.75) is 135 Å². The maximum atomic E-state index is 11.5. The second-order valence-corrected chi connectivity index (χ2v) is 14.4. The molecule has 0 aromatic heterocycles. The lowest BCUT2D eigenvalue weighted by Crippen LogP contribution is -2.48. The Morgan fingerprint density at radius 2 is 1.74 bits per heavy atom. The number of nitrogens with zero attached hydrogens (tertiary/aromatic N) is 2. The summed E-state index contributed by atoms with van der Waals surface area (Å²) in [6, 6.07) is 5.15. The highest BCUT2D eigenvalue weighted by atomic mass is 16.5. The van der Waals surface area contributed by atoms with Crippen molar-refractivity contribution >= 4 is 0 Å². The topological polar surface area (TPSA) is 35.9 Å². The number of fused-ring (bicyclic) bond motifs is 3. The second kappa shape index (κ2) is 12.1. The molecule has 4 aliphatic rings. The van der Waals surface area contributed by atoms with E-state index in [0.29, 0.717) is 17.6 Å². The number of phenolic OH excluding ortho intramolecular Hbond substituents is 1. The first-order valence-electron chi connectivity index (χ1n) is 16.4. The third kappa shape index (κ3) is 6.53. The summed E-state index contributed by atoms with van der Waals surface area (Å²) in [5, 5.41) is 11.5. The van der Waals surface area contributed by atoms with E-state index in [1.807, 2.05) is 0 Å². The number of ether oxygens (including phenoxy) is 1. The van der Waals surface area contributed by atoms with Crippen LogP contribution in [0, 0.1) is 5.92 Å². The molecule has 5 rings (SSSR count). The maximum absolute atomic E-state index is 11.5. The van der Waals surface area contributed by atoms with Gasteiger partial charge in [-0.1, -0.05) is 64.5 Å². The smallest absolute Gasteiger partial charge is 0.127 e. The fraction of sp³-hybridized carbons (Fsp3) is 0.771. The molecule has 4 nitrogen and oxygen atoms in total. The Bertz CT molecular complexity index is 998. The van der Waals surface area contributed by atoms with Crippen LogP contribution in [-0.2, 0) is 5.41 Å². The number of phenols is 1. The molecule has 3 heterocycles. The minimum Gasteiger partial charge on any atom is -0.508 e. The molecule has 0 amide bonds. The number of allylic oxidation sites excluding steroid dienone is 1. The molecule has 1 aromatic carbocycles. The van der Waals surface area contributed by atoms with Crippen LogP contribution in [0.3, 0.4) is 0 Å². The van der Waals surface area contributed by atoms with Crippen molar-refractivity contribution in [1.29, 1.82) is 0 Å². The SMILES string of the molecule is CCCCCCC(C)(C)c1cc(O)c2c(c1)OC(C)(C)[C@H]1CC=C(CN3CCC(N4CCCCC4)CC3)CC21. The Morgan fingerprint density at radius 3 is 2.46 bits per heavy atom. The lowest BCUT2D eigenvalue weighted by Gasteiger charge is -2.48. The average molecular weight is 537 g/mol. The van der Waals surface area contributed by atoms with Gasteiger partial charge in [-0.15, -0.1) is 0 Å². The van der Waals surface area contributed by atoms with Gasteiger partial charge >= 0.3 is 0 Å². The van der Waals surface area contributed by atoms with E-state index in [1.54, 1.807) is 5.57 Å². The maximum Gasteiger partial charge on any atom is 0.127 e. The van der Waals surface area contributed by atoms with Crippen molar-refractivity contribution in [1.82, 2.24) is 9.80 Å².